The molecule has 4 aromatic rings. The summed E-state index contributed by atoms with van der Waals surface area (Å²) in [5, 5.41) is 16.1. The molecule has 2 fully saturated rings. The molecule has 0 aliphatic carbocycles. The summed E-state index contributed by atoms with van der Waals surface area (Å²) in [7, 11) is 0. The SMILES string of the molecule is O=C1CCC(N2C(=O)c3cccc(SCCCCCC#Cc4cccc(-c5ccc6c(c5)[C@H]5[C@H](CCN5Cc5ccncc5)[C@@H](CO)N6)c4)c3C2=O)C(=O)N1. The number of hydrogen-bond acceptors (Lipinski definition) is 9. The van der Waals surface area contributed by atoms with Crippen LogP contribution in [0.4, 0.5) is 5.69 Å². The average Bonchev–Trinajstić information content (AvgIpc) is 3.74. The monoisotopic (exact) mass is 753 g/mol. The number of thioether (sulfide) groups is 1. The maximum Gasteiger partial charge on any atom is 0.263 e. The van der Waals surface area contributed by atoms with E-state index in [1.807, 2.05) is 24.5 Å². The first-order valence-corrected chi connectivity index (χ1v) is 20.1. The van der Waals surface area contributed by atoms with E-state index in [9.17, 15) is 24.3 Å². The molecule has 55 heavy (non-hydrogen) atoms. The third-order valence-electron chi connectivity index (χ3n) is 11.2. The summed E-state index contributed by atoms with van der Waals surface area (Å²) in [6.07, 6.45) is 8.60. The second-order valence-electron chi connectivity index (χ2n) is 14.6. The van der Waals surface area contributed by atoms with Gasteiger partial charge in [0.15, 0.2) is 0 Å². The Labute approximate surface area is 325 Å². The van der Waals surface area contributed by atoms with Gasteiger partial charge in [0.05, 0.1) is 23.8 Å². The minimum atomic E-state index is -0.969. The van der Waals surface area contributed by atoms with Crippen LogP contribution in [0.1, 0.15) is 88.4 Å². The normalized spacial score (nSPS) is 21.7. The molecule has 1 aromatic heterocycles. The summed E-state index contributed by atoms with van der Waals surface area (Å²) in [5.74, 6) is 5.89. The number of pyridine rings is 1. The van der Waals surface area contributed by atoms with Gasteiger partial charge in [-0.25, -0.2) is 0 Å². The standard InChI is InChI=1S/C44H43N5O5S/c50-27-36-32-19-22-48(26-29-17-20-45-21-18-29)41(32)34-25-31(13-14-35(34)46-36)30-10-6-9-28(24-30)8-4-2-1-3-5-23-55-38-12-7-11-33-40(38)44(54)49(43(33)53)37-15-16-39(51)47-42(37)52/h6-7,9-14,17-18,20-21,24-25,32,36-37,41,46,50H,1-3,5,15-16,19,22-23,26-27H2,(H,47,51,52)/t32-,36-,37?,41-/m1/s1. The number of carbonyl (C=O) groups is 4. The highest BCUT2D eigenvalue weighted by Gasteiger charge is 2.46. The van der Waals surface area contributed by atoms with Crippen LogP contribution in [0.25, 0.3) is 11.1 Å². The van der Waals surface area contributed by atoms with Crippen molar-refractivity contribution >= 4 is 41.1 Å². The Kier molecular flexibility index (Phi) is 10.8. The molecule has 4 amide bonds. The molecule has 2 saturated heterocycles. The second kappa shape index (κ2) is 16.2. The van der Waals surface area contributed by atoms with Crippen LogP contribution < -0.4 is 10.6 Å². The number of carbonyl (C=O) groups excluding carboxylic acids is 4. The van der Waals surface area contributed by atoms with Gasteiger partial charge in [0.2, 0.25) is 11.8 Å². The fraction of sp³-hybridized carbons (Fsp3) is 0.341. The predicted octanol–water partition coefficient (Wildman–Crippen LogP) is 6.20. The third-order valence-corrected chi connectivity index (χ3v) is 12.3. The summed E-state index contributed by atoms with van der Waals surface area (Å²) in [6.45, 7) is 1.94. The Hall–Kier alpha value is -5.28. The lowest BCUT2D eigenvalue weighted by molar-refractivity contribution is -0.136. The zero-order valence-electron chi connectivity index (χ0n) is 30.5. The number of hydrogen-bond donors (Lipinski definition) is 3. The number of benzene rings is 3. The predicted molar refractivity (Wildman–Crippen MR) is 211 cm³/mol. The zero-order valence-corrected chi connectivity index (χ0v) is 31.3. The quantitative estimate of drug-likeness (QED) is 0.0709. The average molecular weight is 754 g/mol. The largest absolute Gasteiger partial charge is 0.394 e. The number of imide groups is 2. The number of piperidine rings is 1. The number of fused-ring (bicyclic) bond motifs is 4. The van der Waals surface area contributed by atoms with Gasteiger partial charge in [-0.15, -0.1) is 11.8 Å². The van der Waals surface area contributed by atoms with Gasteiger partial charge in [0, 0.05) is 59.9 Å². The van der Waals surface area contributed by atoms with Gasteiger partial charge in [0.1, 0.15) is 6.04 Å². The highest BCUT2D eigenvalue weighted by Crippen LogP contribution is 2.48. The van der Waals surface area contributed by atoms with Crippen LogP contribution in [0.5, 0.6) is 0 Å². The van der Waals surface area contributed by atoms with Gasteiger partial charge in [0.25, 0.3) is 11.8 Å². The lowest BCUT2D eigenvalue weighted by Crippen LogP contribution is -2.54. The number of aliphatic hydroxyl groups is 1. The number of nitrogens with zero attached hydrogens (tertiary/aromatic N) is 3. The Bertz CT molecular complexity index is 2200. The Balaban J connectivity index is 0.857. The number of aliphatic hydroxyl groups excluding tert-OH is 1. The van der Waals surface area contributed by atoms with E-state index in [4.69, 9.17) is 0 Å². The minimum Gasteiger partial charge on any atom is -0.394 e. The maximum atomic E-state index is 13.4. The number of unbranched alkanes of at least 4 members (excludes halogenated alkanes) is 3. The highest BCUT2D eigenvalue weighted by atomic mass is 32.2. The van der Waals surface area contributed by atoms with Crippen molar-refractivity contribution in [3.05, 3.63) is 113 Å². The molecule has 0 bridgehead atoms. The summed E-state index contributed by atoms with van der Waals surface area (Å²) >= 11 is 1.55. The van der Waals surface area contributed by atoms with Crippen LogP contribution in [0.3, 0.4) is 0 Å². The van der Waals surface area contributed by atoms with Gasteiger partial charge in [-0.3, -0.25) is 39.3 Å². The number of amides is 4. The summed E-state index contributed by atoms with van der Waals surface area (Å²) < 4.78 is 0. The third kappa shape index (κ3) is 7.55. The first-order valence-electron chi connectivity index (χ1n) is 19.1. The number of aromatic nitrogens is 1. The first-order chi connectivity index (χ1) is 26.9. The summed E-state index contributed by atoms with van der Waals surface area (Å²) in [5.41, 5.74) is 7.52. The van der Waals surface area contributed by atoms with E-state index in [1.54, 1.807) is 23.9 Å². The van der Waals surface area contributed by atoms with E-state index in [2.05, 4.69) is 80.9 Å². The summed E-state index contributed by atoms with van der Waals surface area (Å²) in [6, 6.07) is 23.7. The molecule has 4 atom stereocenters. The second-order valence-corrected chi connectivity index (χ2v) is 15.8. The van der Waals surface area contributed by atoms with E-state index < -0.39 is 23.8 Å². The molecule has 0 spiro atoms. The van der Waals surface area contributed by atoms with Crippen molar-refractivity contribution in [2.24, 2.45) is 5.92 Å². The van der Waals surface area contributed by atoms with Gasteiger partial charge in [-0.2, -0.15) is 0 Å². The van der Waals surface area contributed by atoms with E-state index in [-0.39, 0.29) is 37.4 Å². The molecule has 3 N–H and O–H groups in total. The van der Waals surface area contributed by atoms with Gasteiger partial charge < -0.3 is 10.4 Å². The van der Waals surface area contributed by atoms with Crippen molar-refractivity contribution in [2.75, 3.05) is 24.2 Å². The van der Waals surface area contributed by atoms with Crippen molar-refractivity contribution in [3.8, 4) is 23.0 Å². The number of likely N-dealkylation sites (tertiary alicyclic amines) is 1. The summed E-state index contributed by atoms with van der Waals surface area (Å²) in [4.78, 5) is 59.0. The molecule has 4 aliphatic heterocycles. The molecule has 280 valence electrons. The number of rotatable bonds is 11. The van der Waals surface area contributed by atoms with Crippen molar-refractivity contribution in [3.63, 3.8) is 0 Å². The van der Waals surface area contributed by atoms with E-state index in [1.165, 1.54) is 11.1 Å². The Morgan fingerprint density at radius 2 is 1.73 bits per heavy atom. The van der Waals surface area contributed by atoms with Crippen molar-refractivity contribution in [1.29, 1.82) is 0 Å². The van der Waals surface area contributed by atoms with Gasteiger partial charge >= 0.3 is 0 Å². The molecule has 8 rings (SSSR count). The molecule has 11 heteroatoms. The van der Waals surface area contributed by atoms with Crippen LogP contribution >= 0.6 is 11.8 Å². The molecule has 0 radical (unpaired) electrons. The molecule has 3 aromatic carbocycles. The van der Waals surface area contributed by atoms with E-state index in [0.717, 1.165) is 83.1 Å². The van der Waals surface area contributed by atoms with Crippen molar-refractivity contribution < 1.29 is 24.3 Å². The van der Waals surface area contributed by atoms with Crippen LogP contribution in [0, 0.1) is 17.8 Å². The Morgan fingerprint density at radius 3 is 2.56 bits per heavy atom. The molecule has 0 saturated carbocycles. The molecule has 5 heterocycles. The fourth-order valence-corrected chi connectivity index (χ4v) is 9.54. The lowest BCUT2D eigenvalue weighted by atomic mass is 9.82. The lowest BCUT2D eigenvalue weighted by Gasteiger charge is -2.39. The number of anilines is 1. The van der Waals surface area contributed by atoms with Crippen molar-refractivity contribution in [2.45, 2.75) is 74.5 Å². The Morgan fingerprint density at radius 1 is 0.891 bits per heavy atom. The van der Waals surface area contributed by atoms with E-state index in [0.29, 0.717) is 17.0 Å². The number of nitrogens with one attached hydrogen (secondary N) is 2. The smallest absolute Gasteiger partial charge is 0.263 e. The van der Waals surface area contributed by atoms with Crippen LogP contribution in [-0.2, 0) is 16.1 Å². The first kappa shape index (κ1) is 36.7. The van der Waals surface area contributed by atoms with Gasteiger partial charge in [-0.05, 0) is 109 Å². The molecule has 1 unspecified atom stereocenters. The van der Waals surface area contributed by atoms with E-state index >= 15 is 0 Å². The fourth-order valence-electron chi connectivity index (χ4n) is 8.46. The van der Waals surface area contributed by atoms with Crippen molar-refractivity contribution in [1.82, 2.24) is 20.1 Å². The van der Waals surface area contributed by atoms with Crippen LogP contribution in [0.2, 0.25) is 0 Å². The zero-order chi connectivity index (χ0) is 37.9. The highest BCUT2D eigenvalue weighted by molar-refractivity contribution is 7.99. The van der Waals surface area contributed by atoms with Crippen LogP contribution in [-0.4, -0.2) is 74.5 Å². The minimum absolute atomic E-state index is 0.0326. The molecular weight excluding hydrogens is 711 g/mol. The molecule has 10 nitrogen and oxygen atoms in total. The molecular formula is C44H43N5O5S. The van der Waals surface area contributed by atoms with Crippen LogP contribution in [0.15, 0.2) is 90.1 Å². The molecule has 4 aliphatic rings. The maximum absolute atomic E-state index is 13.4. The topological polar surface area (TPSA) is 132 Å². The van der Waals surface area contributed by atoms with Gasteiger partial charge in [-0.1, -0.05) is 42.5 Å².